The Morgan fingerprint density at radius 2 is 2.22 bits per heavy atom. The van der Waals surface area contributed by atoms with E-state index in [0.29, 0.717) is 16.0 Å². The molecule has 1 aliphatic carbocycles. The Morgan fingerprint density at radius 1 is 1.50 bits per heavy atom. The van der Waals surface area contributed by atoms with E-state index in [1.54, 1.807) is 12.1 Å². The maximum Gasteiger partial charge on any atom is 0.253 e. The fourth-order valence-corrected chi connectivity index (χ4v) is 3.06. The minimum absolute atomic E-state index is 0.0796. The molecule has 0 heterocycles. The molecule has 1 fully saturated rings. The molecule has 0 aromatic heterocycles. The molecule has 0 spiro atoms. The Labute approximate surface area is 121 Å². The maximum atomic E-state index is 12.2. The highest BCUT2D eigenvalue weighted by Crippen LogP contribution is 2.37. The molecule has 1 saturated carbocycles. The first kappa shape index (κ1) is 13.9. The molecule has 0 aliphatic heterocycles. The summed E-state index contributed by atoms with van der Waals surface area (Å²) in [7, 11) is 0. The maximum absolute atomic E-state index is 12.2. The van der Waals surface area contributed by atoms with Crippen molar-refractivity contribution in [3.8, 4) is 0 Å². The molecule has 1 aromatic rings. The minimum Gasteiger partial charge on any atom is -0.349 e. The highest BCUT2D eigenvalue weighted by molar-refractivity contribution is 9.10. The molecule has 1 aliphatic rings. The zero-order valence-electron chi connectivity index (χ0n) is 10.6. The van der Waals surface area contributed by atoms with E-state index >= 15 is 0 Å². The van der Waals surface area contributed by atoms with Crippen LogP contribution in [0.2, 0.25) is 5.02 Å². The molecular formula is C14H17BrClNO. The molecule has 4 heteroatoms. The second-order valence-corrected chi connectivity index (χ2v) is 7.02. The highest BCUT2D eigenvalue weighted by Gasteiger charge is 2.32. The van der Waals surface area contributed by atoms with Crippen LogP contribution in [0.1, 0.15) is 43.5 Å². The summed E-state index contributed by atoms with van der Waals surface area (Å²) < 4.78 is 0.865. The lowest BCUT2D eigenvalue weighted by Gasteiger charge is -2.18. The second-order valence-electron chi connectivity index (χ2n) is 5.70. The van der Waals surface area contributed by atoms with Crippen LogP contribution in [0.4, 0.5) is 0 Å². The second kappa shape index (κ2) is 5.22. The SMILES string of the molecule is CC1(C)CCC(NC(=O)c2cc(Br)ccc2Cl)C1. The van der Waals surface area contributed by atoms with Gasteiger partial charge >= 0.3 is 0 Å². The van der Waals surface area contributed by atoms with Gasteiger partial charge in [-0.3, -0.25) is 4.79 Å². The van der Waals surface area contributed by atoms with Gasteiger partial charge in [-0.05, 0) is 42.9 Å². The predicted octanol–water partition coefficient (Wildman–Crippen LogP) is 4.41. The number of nitrogens with one attached hydrogen (secondary N) is 1. The van der Waals surface area contributed by atoms with E-state index in [1.807, 2.05) is 6.07 Å². The highest BCUT2D eigenvalue weighted by atomic mass is 79.9. The van der Waals surface area contributed by atoms with Crippen LogP contribution >= 0.6 is 27.5 Å². The summed E-state index contributed by atoms with van der Waals surface area (Å²) in [6.07, 6.45) is 3.24. The summed E-state index contributed by atoms with van der Waals surface area (Å²) in [5.41, 5.74) is 0.870. The average Bonchev–Trinajstić information content (AvgIpc) is 2.61. The van der Waals surface area contributed by atoms with Gasteiger partial charge in [0.1, 0.15) is 0 Å². The minimum atomic E-state index is -0.0796. The molecule has 1 aromatic carbocycles. The number of carbonyl (C=O) groups is 1. The number of halogens is 2. The fraction of sp³-hybridized carbons (Fsp3) is 0.500. The molecule has 18 heavy (non-hydrogen) atoms. The molecule has 1 atom stereocenters. The Morgan fingerprint density at radius 3 is 2.83 bits per heavy atom. The zero-order valence-corrected chi connectivity index (χ0v) is 12.9. The third-order valence-corrected chi connectivity index (χ3v) is 4.30. The molecule has 98 valence electrons. The van der Waals surface area contributed by atoms with E-state index in [2.05, 4.69) is 35.1 Å². The quantitative estimate of drug-likeness (QED) is 0.855. The van der Waals surface area contributed by atoms with Gasteiger partial charge in [0.05, 0.1) is 10.6 Å². The van der Waals surface area contributed by atoms with Crippen molar-refractivity contribution in [2.45, 2.75) is 39.2 Å². The van der Waals surface area contributed by atoms with Gasteiger partial charge in [0.15, 0.2) is 0 Å². The van der Waals surface area contributed by atoms with Crippen molar-refractivity contribution in [1.82, 2.24) is 5.32 Å². The van der Waals surface area contributed by atoms with Crippen molar-refractivity contribution in [1.29, 1.82) is 0 Å². The van der Waals surface area contributed by atoms with Crippen LogP contribution in [0.5, 0.6) is 0 Å². The summed E-state index contributed by atoms with van der Waals surface area (Å²) in [6, 6.07) is 5.59. The Hall–Kier alpha value is -0.540. The third kappa shape index (κ3) is 3.27. The molecule has 2 nitrogen and oxygen atoms in total. The number of amides is 1. The standard InChI is InChI=1S/C14H17BrClNO/c1-14(2)6-5-10(8-14)17-13(18)11-7-9(15)3-4-12(11)16/h3-4,7,10H,5-6,8H2,1-2H3,(H,17,18). The van der Waals surface area contributed by atoms with Crippen molar-refractivity contribution < 1.29 is 4.79 Å². The number of carbonyl (C=O) groups excluding carboxylic acids is 1. The van der Waals surface area contributed by atoms with Crippen molar-refractivity contribution >= 4 is 33.4 Å². The monoisotopic (exact) mass is 329 g/mol. The van der Waals surface area contributed by atoms with Crippen LogP contribution < -0.4 is 5.32 Å². The lowest BCUT2D eigenvalue weighted by Crippen LogP contribution is -2.33. The number of hydrogen-bond donors (Lipinski definition) is 1. The van der Waals surface area contributed by atoms with Crippen LogP contribution in [0.15, 0.2) is 22.7 Å². The van der Waals surface area contributed by atoms with Gasteiger partial charge < -0.3 is 5.32 Å². The van der Waals surface area contributed by atoms with Gasteiger partial charge in [0.25, 0.3) is 5.91 Å². The van der Waals surface area contributed by atoms with Gasteiger partial charge in [-0.15, -0.1) is 0 Å². The van der Waals surface area contributed by atoms with E-state index in [0.717, 1.165) is 23.7 Å². The molecule has 0 bridgehead atoms. The first-order chi connectivity index (χ1) is 8.37. The molecule has 1 N–H and O–H groups in total. The van der Waals surface area contributed by atoms with Crippen LogP contribution in [0, 0.1) is 5.41 Å². The Bertz CT molecular complexity index is 473. The number of rotatable bonds is 2. The first-order valence-corrected chi connectivity index (χ1v) is 7.30. The smallest absolute Gasteiger partial charge is 0.253 e. The third-order valence-electron chi connectivity index (χ3n) is 3.48. The lowest BCUT2D eigenvalue weighted by atomic mass is 9.92. The van der Waals surface area contributed by atoms with Crippen molar-refractivity contribution in [2.75, 3.05) is 0 Å². The van der Waals surface area contributed by atoms with Crippen molar-refractivity contribution in [3.63, 3.8) is 0 Å². The predicted molar refractivity (Wildman–Crippen MR) is 78.0 cm³/mol. The van der Waals surface area contributed by atoms with Gasteiger partial charge in [-0.25, -0.2) is 0 Å². The summed E-state index contributed by atoms with van der Waals surface area (Å²) in [4.78, 5) is 12.2. The summed E-state index contributed by atoms with van der Waals surface area (Å²) in [5, 5.41) is 3.57. The van der Waals surface area contributed by atoms with E-state index in [9.17, 15) is 4.79 Å². The molecule has 1 unspecified atom stereocenters. The molecule has 1 amide bonds. The molecule has 0 saturated heterocycles. The van der Waals surface area contributed by atoms with Gasteiger partial charge in [0.2, 0.25) is 0 Å². The Balaban J connectivity index is 2.06. The summed E-state index contributed by atoms with van der Waals surface area (Å²) >= 11 is 9.41. The van der Waals surface area contributed by atoms with Crippen LogP contribution in [-0.2, 0) is 0 Å². The number of benzene rings is 1. The summed E-state index contributed by atoms with van der Waals surface area (Å²) in [5.74, 6) is -0.0796. The summed E-state index contributed by atoms with van der Waals surface area (Å²) in [6.45, 7) is 4.48. The normalized spacial score (nSPS) is 21.9. The van der Waals surface area contributed by atoms with Crippen LogP contribution in [-0.4, -0.2) is 11.9 Å². The zero-order chi connectivity index (χ0) is 13.3. The fourth-order valence-electron chi connectivity index (χ4n) is 2.49. The van der Waals surface area contributed by atoms with Crippen LogP contribution in [0.3, 0.4) is 0 Å². The van der Waals surface area contributed by atoms with Crippen LogP contribution in [0.25, 0.3) is 0 Å². The van der Waals surface area contributed by atoms with Gasteiger partial charge in [0, 0.05) is 10.5 Å². The van der Waals surface area contributed by atoms with Crippen molar-refractivity contribution in [3.05, 3.63) is 33.3 Å². The molecular weight excluding hydrogens is 314 g/mol. The Kier molecular flexibility index (Phi) is 4.02. The van der Waals surface area contributed by atoms with Gasteiger partial charge in [-0.2, -0.15) is 0 Å². The molecule has 2 rings (SSSR count). The van der Waals surface area contributed by atoms with Crippen molar-refractivity contribution in [2.24, 2.45) is 5.41 Å². The van der Waals surface area contributed by atoms with Gasteiger partial charge in [-0.1, -0.05) is 41.4 Å². The van der Waals surface area contributed by atoms with E-state index < -0.39 is 0 Å². The van der Waals surface area contributed by atoms with E-state index in [1.165, 1.54) is 0 Å². The largest absolute Gasteiger partial charge is 0.349 e. The topological polar surface area (TPSA) is 29.1 Å². The first-order valence-electron chi connectivity index (χ1n) is 6.13. The van der Waals surface area contributed by atoms with E-state index in [4.69, 9.17) is 11.6 Å². The molecule has 0 radical (unpaired) electrons. The number of hydrogen-bond acceptors (Lipinski definition) is 1. The lowest BCUT2D eigenvalue weighted by molar-refractivity contribution is 0.0936. The average molecular weight is 331 g/mol. The van der Waals surface area contributed by atoms with E-state index in [-0.39, 0.29) is 11.9 Å².